The largest absolute Gasteiger partial charge is 0.491 e. The number of benzene rings is 2. The van der Waals surface area contributed by atoms with Gasteiger partial charge in [0.2, 0.25) is 0 Å². The zero-order valence-corrected chi connectivity index (χ0v) is 17.7. The van der Waals surface area contributed by atoms with Gasteiger partial charge in [0, 0.05) is 21.0 Å². The Morgan fingerprint density at radius 1 is 1.28 bits per heavy atom. The molecule has 0 spiro atoms. The molecule has 0 bridgehead atoms. The maximum absolute atomic E-state index is 13.4. The fraction of sp³-hybridized carbons (Fsp3) is 0.304. The molecule has 0 radical (unpaired) electrons. The molecule has 2 aromatic rings. The molecule has 1 atom stereocenters. The van der Waals surface area contributed by atoms with Gasteiger partial charge in [0.15, 0.2) is 5.78 Å². The molecule has 0 unspecified atom stereocenters. The van der Waals surface area contributed by atoms with Crippen LogP contribution in [0.5, 0.6) is 5.75 Å². The first-order chi connectivity index (χ1) is 13.8. The Balaban J connectivity index is 1.78. The number of ketones is 1. The van der Waals surface area contributed by atoms with Gasteiger partial charge >= 0.3 is 0 Å². The van der Waals surface area contributed by atoms with Crippen LogP contribution in [-0.4, -0.2) is 35.3 Å². The van der Waals surface area contributed by atoms with Gasteiger partial charge in [0.05, 0.1) is 12.2 Å². The van der Waals surface area contributed by atoms with Crippen molar-refractivity contribution in [2.45, 2.75) is 31.8 Å². The fourth-order valence-electron chi connectivity index (χ4n) is 4.21. The van der Waals surface area contributed by atoms with Crippen LogP contribution in [-0.2, 0) is 11.8 Å². The average molecular weight is 454 g/mol. The van der Waals surface area contributed by atoms with Crippen LogP contribution in [0.15, 0.2) is 40.4 Å². The van der Waals surface area contributed by atoms with E-state index < -0.39 is 11.5 Å². The predicted octanol–water partition coefficient (Wildman–Crippen LogP) is 3.54. The van der Waals surface area contributed by atoms with E-state index in [1.165, 1.54) is 0 Å². The summed E-state index contributed by atoms with van der Waals surface area (Å²) in [5, 5.41) is 27.8. The summed E-state index contributed by atoms with van der Waals surface area (Å²) in [4.78, 5) is 13.4. The summed E-state index contributed by atoms with van der Waals surface area (Å²) in [6, 6.07) is 11.1. The molecule has 2 aliphatic rings. The first-order valence-electron chi connectivity index (χ1n) is 9.36. The Labute approximate surface area is 177 Å². The zero-order valence-electron chi connectivity index (χ0n) is 16.1. The first-order valence-corrected chi connectivity index (χ1v) is 10.1. The number of fused-ring (bicyclic) bond motifs is 3. The molecule has 0 fully saturated rings. The number of Topliss-reactive ketones (excluding diaryl/α,β-unsaturated/α-hetero) is 1. The van der Waals surface area contributed by atoms with E-state index in [0.717, 1.165) is 32.3 Å². The molecule has 6 heteroatoms. The van der Waals surface area contributed by atoms with Gasteiger partial charge < -0.3 is 14.9 Å². The second kappa shape index (κ2) is 7.10. The molecule has 29 heavy (non-hydrogen) atoms. The van der Waals surface area contributed by atoms with Crippen LogP contribution in [0.3, 0.4) is 0 Å². The zero-order chi connectivity index (χ0) is 20.9. The third kappa shape index (κ3) is 3.01. The van der Waals surface area contributed by atoms with E-state index >= 15 is 0 Å². The summed E-state index contributed by atoms with van der Waals surface area (Å²) in [5.74, 6) is 0.524. The van der Waals surface area contributed by atoms with Gasteiger partial charge in [-0.3, -0.25) is 4.79 Å². The number of allylic oxidation sites excluding steroid dienone is 2. The molecule has 0 saturated heterocycles. The molecule has 0 aliphatic heterocycles. The van der Waals surface area contributed by atoms with Crippen molar-refractivity contribution in [1.82, 2.24) is 0 Å². The number of hydrogen-bond donors (Lipinski definition) is 2. The number of nitriles is 1. The van der Waals surface area contributed by atoms with Gasteiger partial charge in [-0.05, 0) is 68.9 Å². The normalized spacial score (nSPS) is 17.3. The number of rotatable bonds is 4. The van der Waals surface area contributed by atoms with E-state index in [9.17, 15) is 15.2 Å². The van der Waals surface area contributed by atoms with Crippen LogP contribution in [0, 0.1) is 11.3 Å². The molecule has 0 amide bonds. The van der Waals surface area contributed by atoms with Gasteiger partial charge in [-0.2, -0.15) is 5.26 Å². The van der Waals surface area contributed by atoms with Gasteiger partial charge in [0.25, 0.3) is 0 Å². The van der Waals surface area contributed by atoms with Crippen molar-refractivity contribution < 1.29 is 19.7 Å². The molecular weight excluding hydrogens is 434 g/mol. The number of hydrogen-bond acceptors (Lipinski definition) is 5. The fourth-order valence-corrected chi connectivity index (χ4v) is 4.78. The molecular formula is C23H20BrNO4. The van der Waals surface area contributed by atoms with Crippen molar-refractivity contribution in [3.8, 4) is 11.8 Å². The first kappa shape index (κ1) is 19.8. The highest BCUT2D eigenvalue weighted by Crippen LogP contribution is 2.51. The lowest BCUT2D eigenvalue weighted by Gasteiger charge is -2.34. The SMILES string of the molecule is CC1(C)C2=C(C(=O)c3ccc(OC[C@H](O)CO)cc31)c1ccc(C#N)c(Br)c1C2. The molecule has 2 N–H and O–H groups in total. The second-order valence-electron chi connectivity index (χ2n) is 7.90. The topological polar surface area (TPSA) is 90.6 Å². The minimum absolute atomic E-state index is 0.0209. The van der Waals surface area contributed by atoms with Crippen molar-refractivity contribution in [2.24, 2.45) is 0 Å². The van der Waals surface area contributed by atoms with E-state index in [1.54, 1.807) is 18.2 Å². The second-order valence-corrected chi connectivity index (χ2v) is 8.70. The highest BCUT2D eigenvalue weighted by atomic mass is 79.9. The lowest BCUT2D eigenvalue weighted by molar-refractivity contribution is 0.0535. The Bertz CT molecular complexity index is 1110. The van der Waals surface area contributed by atoms with Crippen molar-refractivity contribution >= 4 is 27.3 Å². The van der Waals surface area contributed by atoms with Crippen molar-refractivity contribution in [3.05, 3.63) is 68.2 Å². The Morgan fingerprint density at radius 3 is 2.69 bits per heavy atom. The maximum Gasteiger partial charge on any atom is 0.193 e. The number of aliphatic hydroxyl groups excluding tert-OH is 2. The molecule has 2 aromatic carbocycles. The smallest absolute Gasteiger partial charge is 0.193 e. The van der Waals surface area contributed by atoms with E-state index in [1.807, 2.05) is 12.1 Å². The summed E-state index contributed by atoms with van der Waals surface area (Å²) in [6.07, 6.45) is -0.348. The molecule has 148 valence electrons. The number of ether oxygens (including phenoxy) is 1. The predicted molar refractivity (Wildman–Crippen MR) is 112 cm³/mol. The average Bonchev–Trinajstić information content (AvgIpc) is 3.12. The molecule has 0 saturated carbocycles. The molecule has 4 rings (SSSR count). The third-order valence-electron chi connectivity index (χ3n) is 5.83. The number of nitrogens with zero attached hydrogens (tertiary/aromatic N) is 1. The van der Waals surface area contributed by atoms with Crippen LogP contribution < -0.4 is 4.74 Å². The van der Waals surface area contributed by atoms with Gasteiger partial charge in [-0.1, -0.05) is 19.9 Å². The third-order valence-corrected chi connectivity index (χ3v) is 6.74. The van der Waals surface area contributed by atoms with E-state index in [2.05, 4.69) is 35.8 Å². The van der Waals surface area contributed by atoms with E-state index in [4.69, 9.17) is 9.84 Å². The monoisotopic (exact) mass is 453 g/mol. The van der Waals surface area contributed by atoms with E-state index in [-0.39, 0.29) is 19.0 Å². The standard InChI is InChI=1S/C23H20BrNO4/c1-23(2)18-7-14(29-11-13(27)10-26)4-6-16(18)22(28)20-15-5-3-12(9-25)21(24)17(15)8-19(20)23/h3-7,13,26-27H,8,10-11H2,1-2H3/t13-/m1/s1. The highest BCUT2D eigenvalue weighted by Gasteiger charge is 2.43. The Hall–Kier alpha value is -2.46. The lowest BCUT2D eigenvalue weighted by atomic mass is 9.68. The van der Waals surface area contributed by atoms with E-state index in [0.29, 0.717) is 23.3 Å². The van der Waals surface area contributed by atoms with Crippen molar-refractivity contribution in [3.63, 3.8) is 0 Å². The van der Waals surface area contributed by atoms with Crippen LogP contribution in [0.2, 0.25) is 0 Å². The molecule has 5 nitrogen and oxygen atoms in total. The number of aliphatic hydroxyl groups is 2. The van der Waals surface area contributed by atoms with Crippen LogP contribution in [0.1, 0.15) is 46.5 Å². The van der Waals surface area contributed by atoms with Crippen molar-refractivity contribution in [1.29, 1.82) is 5.26 Å². The van der Waals surface area contributed by atoms with Gasteiger partial charge in [0.1, 0.15) is 24.5 Å². The summed E-state index contributed by atoms with van der Waals surface area (Å²) < 4.78 is 6.35. The van der Waals surface area contributed by atoms with Crippen LogP contribution >= 0.6 is 15.9 Å². The number of halogens is 1. The Kier molecular flexibility index (Phi) is 4.86. The Morgan fingerprint density at radius 2 is 2.00 bits per heavy atom. The van der Waals surface area contributed by atoms with Gasteiger partial charge in [-0.25, -0.2) is 0 Å². The highest BCUT2D eigenvalue weighted by molar-refractivity contribution is 9.10. The van der Waals surface area contributed by atoms with Crippen LogP contribution in [0.4, 0.5) is 0 Å². The maximum atomic E-state index is 13.4. The minimum Gasteiger partial charge on any atom is -0.491 e. The van der Waals surface area contributed by atoms with Crippen molar-refractivity contribution in [2.75, 3.05) is 13.2 Å². The minimum atomic E-state index is -0.953. The number of carbonyl (C=O) groups is 1. The molecule has 0 heterocycles. The lowest BCUT2D eigenvalue weighted by Crippen LogP contribution is -2.30. The quantitative estimate of drug-likeness (QED) is 0.738. The summed E-state index contributed by atoms with van der Waals surface area (Å²) in [5.41, 5.74) is 5.30. The summed E-state index contributed by atoms with van der Waals surface area (Å²) in [6.45, 7) is 3.78. The molecule has 0 aromatic heterocycles. The summed E-state index contributed by atoms with van der Waals surface area (Å²) >= 11 is 3.55. The summed E-state index contributed by atoms with van der Waals surface area (Å²) in [7, 11) is 0. The number of carbonyl (C=O) groups excluding carboxylic acids is 1. The van der Waals surface area contributed by atoms with Crippen LogP contribution in [0.25, 0.3) is 5.57 Å². The van der Waals surface area contributed by atoms with Gasteiger partial charge in [-0.15, -0.1) is 0 Å². The molecule has 2 aliphatic carbocycles.